The fraction of sp³-hybridized carbons (Fsp3) is 0.0690. The molecule has 6 aromatic rings. The second-order valence-electron chi connectivity index (χ2n) is 8.60. The highest BCUT2D eigenvalue weighted by molar-refractivity contribution is 6.12. The molecule has 7 nitrogen and oxygen atoms in total. The average molecular weight is 492 g/mol. The summed E-state index contributed by atoms with van der Waals surface area (Å²) in [7, 11) is 3.37. The smallest absolute Gasteiger partial charge is 0.255 e. The lowest BCUT2D eigenvalue weighted by atomic mass is 10.0. The molecule has 0 saturated heterocycles. The van der Waals surface area contributed by atoms with Crippen LogP contribution in [0, 0.1) is 5.82 Å². The van der Waals surface area contributed by atoms with Gasteiger partial charge in [-0.3, -0.25) is 9.78 Å². The summed E-state index contributed by atoms with van der Waals surface area (Å²) >= 11 is 0. The summed E-state index contributed by atoms with van der Waals surface area (Å²) in [4.78, 5) is 25.7. The molecule has 3 N–H and O–H groups in total. The molecule has 6 rings (SSSR count). The number of carbonyl (C=O) groups is 1. The van der Waals surface area contributed by atoms with Gasteiger partial charge in [0, 0.05) is 53.3 Å². The molecular weight excluding hydrogens is 469 g/mol. The molecule has 0 unspecified atom stereocenters. The molecule has 37 heavy (non-hydrogen) atoms. The molecule has 3 heterocycles. The van der Waals surface area contributed by atoms with Crippen LogP contribution in [0.2, 0.25) is 0 Å². The zero-order chi connectivity index (χ0) is 25.5. The van der Waals surface area contributed by atoms with E-state index in [1.165, 1.54) is 12.1 Å². The fourth-order valence-electron chi connectivity index (χ4n) is 4.55. The number of benzene rings is 3. The van der Waals surface area contributed by atoms with E-state index in [0.29, 0.717) is 39.2 Å². The third-order valence-corrected chi connectivity index (χ3v) is 6.37. The van der Waals surface area contributed by atoms with Crippen LogP contribution in [0.1, 0.15) is 10.4 Å². The van der Waals surface area contributed by atoms with E-state index >= 15 is 0 Å². The maximum absolute atomic E-state index is 13.6. The van der Waals surface area contributed by atoms with Crippen molar-refractivity contribution < 1.29 is 13.6 Å². The second kappa shape index (κ2) is 8.91. The maximum atomic E-state index is 13.6. The van der Waals surface area contributed by atoms with Crippen molar-refractivity contribution in [2.75, 3.05) is 19.4 Å². The van der Waals surface area contributed by atoms with Crippen LogP contribution in [-0.2, 0) is 0 Å². The molecule has 8 heteroatoms. The second-order valence-corrected chi connectivity index (χ2v) is 8.60. The minimum absolute atomic E-state index is 0.306. The van der Waals surface area contributed by atoms with E-state index in [9.17, 15) is 9.18 Å². The number of aromatic nitrogens is 3. The summed E-state index contributed by atoms with van der Waals surface area (Å²) in [5.74, 6) is -0.305. The quantitative estimate of drug-likeness (QED) is 0.265. The first kappa shape index (κ1) is 22.5. The number of para-hydroxylation sites is 1. The lowest BCUT2D eigenvalue weighted by Crippen LogP contribution is -2.18. The number of anilines is 1. The molecule has 1 amide bonds. The van der Waals surface area contributed by atoms with Crippen molar-refractivity contribution >= 4 is 33.5 Å². The Kier molecular flexibility index (Phi) is 5.41. The summed E-state index contributed by atoms with van der Waals surface area (Å²) in [5.41, 5.74) is 6.22. The van der Waals surface area contributed by atoms with Gasteiger partial charge in [-0.15, -0.1) is 0 Å². The van der Waals surface area contributed by atoms with E-state index in [4.69, 9.17) is 9.40 Å². The first-order valence-corrected chi connectivity index (χ1v) is 11.7. The number of hydrogen-bond donors (Lipinski definition) is 3. The number of halogens is 1. The van der Waals surface area contributed by atoms with E-state index in [1.807, 2.05) is 49.5 Å². The van der Waals surface area contributed by atoms with Crippen LogP contribution < -0.4 is 10.6 Å². The van der Waals surface area contributed by atoms with Gasteiger partial charge in [-0.25, -0.2) is 9.37 Å². The third-order valence-electron chi connectivity index (χ3n) is 6.37. The zero-order valence-corrected chi connectivity index (χ0v) is 20.1. The Morgan fingerprint density at radius 1 is 0.973 bits per heavy atom. The summed E-state index contributed by atoms with van der Waals surface area (Å²) < 4.78 is 19.7. The highest BCUT2D eigenvalue weighted by Crippen LogP contribution is 2.39. The molecule has 3 aromatic heterocycles. The number of carbonyl (C=O) groups excluding carboxylic acids is 1. The van der Waals surface area contributed by atoms with Crippen LogP contribution in [0.3, 0.4) is 0 Å². The van der Waals surface area contributed by atoms with Gasteiger partial charge >= 0.3 is 0 Å². The molecule has 0 aliphatic rings. The largest absolute Gasteiger partial charge is 0.455 e. The first-order valence-electron chi connectivity index (χ1n) is 11.7. The van der Waals surface area contributed by atoms with Gasteiger partial charge in [-0.2, -0.15) is 0 Å². The molecule has 0 aliphatic carbocycles. The van der Waals surface area contributed by atoms with E-state index in [1.54, 1.807) is 31.6 Å². The van der Waals surface area contributed by atoms with Crippen molar-refractivity contribution in [3.63, 3.8) is 0 Å². The fourth-order valence-corrected chi connectivity index (χ4v) is 4.55. The maximum Gasteiger partial charge on any atom is 0.255 e. The van der Waals surface area contributed by atoms with Crippen molar-refractivity contribution in [2.45, 2.75) is 0 Å². The summed E-state index contributed by atoms with van der Waals surface area (Å²) in [6, 6.07) is 19.6. The Bertz CT molecular complexity index is 1750. The summed E-state index contributed by atoms with van der Waals surface area (Å²) in [5, 5.41) is 7.60. The number of nitrogens with zero attached hydrogens (tertiary/aromatic N) is 2. The number of rotatable bonds is 5. The van der Waals surface area contributed by atoms with Crippen molar-refractivity contribution in [3.05, 3.63) is 90.5 Å². The van der Waals surface area contributed by atoms with Crippen LogP contribution in [0.4, 0.5) is 10.1 Å². The Labute approximate surface area is 211 Å². The molecule has 3 aromatic carbocycles. The lowest BCUT2D eigenvalue weighted by molar-refractivity contribution is 0.0964. The highest BCUT2D eigenvalue weighted by Gasteiger charge is 2.24. The molecule has 0 bridgehead atoms. The first-order chi connectivity index (χ1) is 18.1. The topological polar surface area (TPSA) is 95.8 Å². The molecule has 0 radical (unpaired) electrons. The van der Waals surface area contributed by atoms with Crippen molar-refractivity contribution in [1.29, 1.82) is 0 Å². The normalized spacial score (nSPS) is 11.2. The van der Waals surface area contributed by atoms with E-state index in [0.717, 1.165) is 27.8 Å². The van der Waals surface area contributed by atoms with Crippen LogP contribution >= 0.6 is 0 Å². The van der Waals surface area contributed by atoms with Crippen LogP contribution in [0.5, 0.6) is 0 Å². The molecule has 182 valence electrons. The van der Waals surface area contributed by atoms with Gasteiger partial charge in [-0.1, -0.05) is 18.2 Å². The van der Waals surface area contributed by atoms with Crippen LogP contribution in [0.25, 0.3) is 55.8 Å². The molecular formula is C29H22FN5O2. The Hall–Kier alpha value is -4.98. The van der Waals surface area contributed by atoms with Crippen molar-refractivity contribution in [2.24, 2.45) is 0 Å². The molecule has 0 atom stereocenters. The number of amides is 1. The van der Waals surface area contributed by atoms with Crippen molar-refractivity contribution in [3.8, 4) is 34.0 Å². The minimum atomic E-state index is -0.366. The van der Waals surface area contributed by atoms with Gasteiger partial charge in [0.1, 0.15) is 22.9 Å². The molecule has 0 fully saturated rings. The number of fused-ring (bicyclic) bond motifs is 2. The van der Waals surface area contributed by atoms with Gasteiger partial charge in [0.15, 0.2) is 0 Å². The average Bonchev–Trinajstić information content (AvgIpc) is 3.54. The van der Waals surface area contributed by atoms with Gasteiger partial charge < -0.3 is 20.0 Å². The third kappa shape index (κ3) is 3.88. The monoisotopic (exact) mass is 491 g/mol. The number of furan rings is 1. The van der Waals surface area contributed by atoms with Crippen LogP contribution in [0.15, 0.2) is 83.5 Å². The number of aromatic amines is 1. The summed E-state index contributed by atoms with van der Waals surface area (Å²) in [6.07, 6.45) is 3.40. The number of hydrogen-bond acceptors (Lipinski definition) is 5. The van der Waals surface area contributed by atoms with Crippen LogP contribution in [-0.4, -0.2) is 35.0 Å². The number of nitrogens with one attached hydrogen (secondary N) is 3. The molecule has 0 aliphatic heterocycles. The SMILES string of the molecule is CNC(=O)c1c(-c2ccc(F)cc2)oc2cc(NC)c(-c3cncc(-c4cc5ccccc5[nH]4)n3)cc12. The van der Waals surface area contributed by atoms with Gasteiger partial charge in [0.05, 0.1) is 29.3 Å². The lowest BCUT2D eigenvalue weighted by Gasteiger charge is -2.10. The Balaban J connectivity index is 1.53. The van der Waals surface area contributed by atoms with E-state index in [-0.39, 0.29) is 11.7 Å². The Morgan fingerprint density at radius 3 is 2.51 bits per heavy atom. The van der Waals surface area contributed by atoms with Gasteiger partial charge in [0.25, 0.3) is 5.91 Å². The summed E-state index contributed by atoms with van der Waals surface area (Å²) in [6.45, 7) is 0. The standard InChI is InChI=1S/C29H22FN5O2/c1-31-22-13-26-20(27(29(36)32-2)28(37-26)16-7-9-18(30)10-8-16)12-19(22)24-14-33-15-25(35-24)23-11-17-5-3-4-6-21(17)34-23/h3-15,31,34H,1-2H3,(H,32,36). The molecule has 0 saturated carbocycles. The zero-order valence-electron chi connectivity index (χ0n) is 20.1. The highest BCUT2D eigenvalue weighted by atomic mass is 19.1. The predicted molar refractivity (Wildman–Crippen MR) is 143 cm³/mol. The van der Waals surface area contributed by atoms with Crippen molar-refractivity contribution in [1.82, 2.24) is 20.3 Å². The van der Waals surface area contributed by atoms with E-state index < -0.39 is 0 Å². The predicted octanol–water partition coefficient (Wildman–Crippen LogP) is 6.25. The number of H-pyrrole nitrogens is 1. The minimum Gasteiger partial charge on any atom is -0.455 e. The molecule has 0 spiro atoms. The van der Waals surface area contributed by atoms with Gasteiger partial charge in [-0.05, 0) is 42.5 Å². The van der Waals surface area contributed by atoms with Gasteiger partial charge in [0.2, 0.25) is 0 Å². The Morgan fingerprint density at radius 2 is 1.76 bits per heavy atom. The van der Waals surface area contributed by atoms with E-state index in [2.05, 4.69) is 20.6 Å².